The Kier molecular flexibility index (Phi) is 11.9. The van der Waals surface area contributed by atoms with Crippen LogP contribution in [0.3, 0.4) is 0 Å². The fourth-order valence-corrected chi connectivity index (χ4v) is 6.17. The molecule has 13 heteroatoms. The molecule has 3 aromatic carbocycles. The lowest BCUT2D eigenvalue weighted by molar-refractivity contribution is -0.140. The van der Waals surface area contributed by atoms with Crippen molar-refractivity contribution in [2.75, 3.05) is 17.4 Å². The Labute approximate surface area is 259 Å². The second-order valence-corrected chi connectivity index (χ2v) is 12.4. The first-order chi connectivity index (χ1) is 20.3. The van der Waals surface area contributed by atoms with Crippen molar-refractivity contribution in [3.05, 3.63) is 94.0 Å². The number of sulfonamides is 1. The third kappa shape index (κ3) is 8.87. The van der Waals surface area contributed by atoms with Crippen molar-refractivity contribution in [2.45, 2.75) is 56.8 Å². The molecule has 43 heavy (non-hydrogen) atoms. The number of rotatable bonds is 13. The van der Waals surface area contributed by atoms with Crippen LogP contribution >= 0.6 is 23.2 Å². The molecule has 0 aromatic heterocycles. The van der Waals surface area contributed by atoms with E-state index in [9.17, 15) is 31.2 Å². The van der Waals surface area contributed by atoms with E-state index in [1.165, 1.54) is 29.2 Å². The topological polar surface area (TPSA) is 86.8 Å². The first-order valence-corrected chi connectivity index (χ1v) is 15.7. The largest absolute Gasteiger partial charge is 0.416 e. The van der Waals surface area contributed by atoms with Gasteiger partial charge in [0.05, 0.1) is 21.2 Å². The zero-order valence-electron chi connectivity index (χ0n) is 23.6. The summed E-state index contributed by atoms with van der Waals surface area (Å²) in [6, 6.07) is 14.8. The number of amides is 2. The number of unbranched alkanes of at least 4 members (excludes halogenated alkanes) is 1. The second-order valence-electron chi connectivity index (χ2n) is 9.71. The van der Waals surface area contributed by atoms with E-state index in [0.29, 0.717) is 33.9 Å². The number of benzene rings is 3. The number of hydrogen-bond acceptors (Lipinski definition) is 4. The fourth-order valence-electron chi connectivity index (χ4n) is 4.33. The van der Waals surface area contributed by atoms with Gasteiger partial charge >= 0.3 is 6.18 Å². The van der Waals surface area contributed by atoms with Crippen LogP contribution in [0.5, 0.6) is 0 Å². The minimum Gasteiger partial charge on any atom is -0.354 e. The van der Waals surface area contributed by atoms with E-state index < -0.39 is 51.9 Å². The molecule has 0 aliphatic rings. The number of anilines is 1. The third-order valence-corrected chi connectivity index (χ3v) is 8.98. The fraction of sp³-hybridized carbons (Fsp3) is 0.333. The molecule has 0 aliphatic carbocycles. The van der Waals surface area contributed by atoms with Crippen molar-refractivity contribution in [3.8, 4) is 0 Å². The number of nitrogens with one attached hydrogen (secondary N) is 1. The molecule has 3 rings (SSSR count). The predicted octanol–water partition coefficient (Wildman–Crippen LogP) is 6.93. The monoisotopic (exact) mass is 657 g/mol. The number of carbonyl (C=O) groups excluding carboxylic acids is 2. The molecule has 0 radical (unpaired) electrons. The van der Waals surface area contributed by atoms with Gasteiger partial charge in [-0.05, 0) is 60.9 Å². The summed E-state index contributed by atoms with van der Waals surface area (Å²) in [5.74, 6) is -1.26. The van der Waals surface area contributed by atoms with E-state index in [2.05, 4.69) is 5.32 Å². The molecule has 0 bridgehead atoms. The molecule has 0 saturated carbocycles. The Balaban J connectivity index is 2.12. The van der Waals surface area contributed by atoms with Crippen LogP contribution in [0, 0.1) is 0 Å². The summed E-state index contributed by atoms with van der Waals surface area (Å²) in [6.07, 6.45) is -3.08. The molecule has 7 nitrogen and oxygen atoms in total. The molecule has 1 atom stereocenters. The van der Waals surface area contributed by atoms with Crippen LogP contribution in [-0.4, -0.2) is 44.3 Å². The van der Waals surface area contributed by atoms with Crippen LogP contribution < -0.4 is 9.62 Å². The standard InChI is InChI=1S/C30H32Cl2F3N3O4S/c1-3-5-17-36-29(40)26(4-2)37(19-21-11-14-23(31)15-12-21)28(39)20-38(43(41,42)24-9-7-6-8-10-24)27-18-22(30(33,34)35)13-16-25(27)32/h6-16,18,26H,3-5,17,19-20H2,1-2H3,(H,36,40)/t26-/m0/s1. The maximum absolute atomic E-state index is 14.1. The highest BCUT2D eigenvalue weighted by molar-refractivity contribution is 7.92. The number of halogens is 5. The molecule has 0 heterocycles. The molecular formula is C30H32Cl2F3N3O4S. The van der Waals surface area contributed by atoms with E-state index in [4.69, 9.17) is 23.2 Å². The summed E-state index contributed by atoms with van der Waals surface area (Å²) in [6.45, 7) is 3.02. The van der Waals surface area contributed by atoms with Gasteiger partial charge in [-0.2, -0.15) is 13.2 Å². The Morgan fingerprint density at radius 1 is 0.953 bits per heavy atom. The van der Waals surface area contributed by atoms with Crippen molar-refractivity contribution in [2.24, 2.45) is 0 Å². The van der Waals surface area contributed by atoms with Crippen LogP contribution in [0.15, 0.2) is 77.7 Å². The van der Waals surface area contributed by atoms with Crippen LogP contribution in [0.4, 0.5) is 18.9 Å². The first kappa shape index (κ1) is 34.2. The molecular weight excluding hydrogens is 626 g/mol. The number of hydrogen-bond donors (Lipinski definition) is 1. The Morgan fingerprint density at radius 3 is 2.19 bits per heavy atom. The van der Waals surface area contributed by atoms with Crippen LogP contribution in [0.25, 0.3) is 0 Å². The first-order valence-electron chi connectivity index (χ1n) is 13.6. The highest BCUT2D eigenvalue weighted by atomic mass is 35.5. The lowest BCUT2D eigenvalue weighted by Gasteiger charge is -2.33. The molecule has 0 spiro atoms. The lowest BCUT2D eigenvalue weighted by Crippen LogP contribution is -2.52. The van der Waals surface area contributed by atoms with Crippen molar-refractivity contribution >= 4 is 50.7 Å². The Hall–Kier alpha value is -3.28. The van der Waals surface area contributed by atoms with Crippen molar-refractivity contribution in [3.63, 3.8) is 0 Å². The zero-order valence-corrected chi connectivity index (χ0v) is 25.9. The molecule has 1 N–H and O–H groups in total. The summed E-state index contributed by atoms with van der Waals surface area (Å²) in [5.41, 5.74) is -1.07. The van der Waals surface area contributed by atoms with Gasteiger partial charge in [0.1, 0.15) is 12.6 Å². The summed E-state index contributed by atoms with van der Waals surface area (Å²) in [5, 5.41) is 2.95. The molecule has 0 fully saturated rings. The van der Waals surface area contributed by atoms with Gasteiger partial charge in [-0.1, -0.05) is 73.8 Å². The minimum absolute atomic E-state index is 0.0920. The lowest BCUT2D eigenvalue weighted by atomic mass is 10.1. The van der Waals surface area contributed by atoms with Crippen LogP contribution in [0.2, 0.25) is 10.0 Å². The molecule has 0 saturated heterocycles. The SMILES string of the molecule is CCCCNC(=O)[C@H](CC)N(Cc1ccc(Cl)cc1)C(=O)CN(c1cc(C(F)(F)F)ccc1Cl)S(=O)(=O)c1ccccc1. The predicted molar refractivity (Wildman–Crippen MR) is 161 cm³/mol. The normalized spacial score (nSPS) is 12.4. The smallest absolute Gasteiger partial charge is 0.354 e. The number of alkyl halides is 3. The van der Waals surface area contributed by atoms with Gasteiger partial charge in [-0.3, -0.25) is 13.9 Å². The number of nitrogens with zero attached hydrogens (tertiary/aromatic N) is 2. The van der Waals surface area contributed by atoms with Gasteiger partial charge in [-0.25, -0.2) is 8.42 Å². The summed E-state index contributed by atoms with van der Waals surface area (Å²) in [7, 11) is -4.60. The summed E-state index contributed by atoms with van der Waals surface area (Å²) < 4.78 is 69.3. The van der Waals surface area contributed by atoms with E-state index in [0.717, 1.165) is 18.6 Å². The summed E-state index contributed by atoms with van der Waals surface area (Å²) >= 11 is 12.3. The third-order valence-electron chi connectivity index (χ3n) is 6.63. The highest BCUT2D eigenvalue weighted by Crippen LogP contribution is 2.37. The van der Waals surface area contributed by atoms with E-state index in [1.807, 2.05) is 6.92 Å². The van der Waals surface area contributed by atoms with Gasteiger partial charge < -0.3 is 10.2 Å². The minimum atomic E-state index is -4.81. The second kappa shape index (κ2) is 14.9. The van der Waals surface area contributed by atoms with E-state index in [-0.39, 0.29) is 22.9 Å². The van der Waals surface area contributed by atoms with Gasteiger partial charge in [0.25, 0.3) is 10.0 Å². The summed E-state index contributed by atoms with van der Waals surface area (Å²) in [4.78, 5) is 28.2. The quantitative estimate of drug-likeness (QED) is 0.202. The maximum Gasteiger partial charge on any atom is 0.416 e. The molecule has 0 aliphatic heterocycles. The van der Waals surface area contributed by atoms with Crippen LogP contribution in [0.1, 0.15) is 44.2 Å². The number of carbonyl (C=O) groups is 2. The van der Waals surface area contributed by atoms with Gasteiger partial charge in [0.15, 0.2) is 0 Å². The van der Waals surface area contributed by atoms with E-state index >= 15 is 0 Å². The molecule has 232 valence electrons. The van der Waals surface area contributed by atoms with Crippen molar-refractivity contribution in [1.82, 2.24) is 10.2 Å². The van der Waals surface area contributed by atoms with Gasteiger partial charge in [-0.15, -0.1) is 0 Å². The molecule has 3 aromatic rings. The van der Waals surface area contributed by atoms with Crippen LogP contribution in [-0.2, 0) is 32.3 Å². The zero-order chi connectivity index (χ0) is 31.8. The maximum atomic E-state index is 14.1. The van der Waals surface area contributed by atoms with Gasteiger partial charge in [0, 0.05) is 18.1 Å². The van der Waals surface area contributed by atoms with E-state index in [1.54, 1.807) is 37.3 Å². The average molecular weight is 659 g/mol. The van der Waals surface area contributed by atoms with Crippen molar-refractivity contribution in [1.29, 1.82) is 0 Å². The molecule has 2 amide bonds. The van der Waals surface area contributed by atoms with Crippen molar-refractivity contribution < 1.29 is 31.2 Å². The Morgan fingerprint density at radius 2 is 1.60 bits per heavy atom. The molecule has 0 unspecified atom stereocenters. The Bertz CT molecular complexity index is 1510. The highest BCUT2D eigenvalue weighted by Gasteiger charge is 2.37. The average Bonchev–Trinajstić information content (AvgIpc) is 2.97. The van der Waals surface area contributed by atoms with Gasteiger partial charge in [0.2, 0.25) is 11.8 Å².